The molecule has 0 aliphatic rings. The first-order valence-corrected chi connectivity index (χ1v) is 5.72. The lowest BCUT2D eigenvalue weighted by Crippen LogP contribution is -2.20. The number of carbonyl (C=O) groups excluding carboxylic acids is 1. The van der Waals surface area contributed by atoms with Crippen molar-refractivity contribution in [3.05, 3.63) is 29.8 Å². The zero-order valence-electron chi connectivity index (χ0n) is 10.5. The van der Waals surface area contributed by atoms with Crippen molar-refractivity contribution in [3.63, 3.8) is 0 Å². The predicted molar refractivity (Wildman–Crippen MR) is 68.4 cm³/mol. The summed E-state index contributed by atoms with van der Waals surface area (Å²) >= 11 is 0. The van der Waals surface area contributed by atoms with Gasteiger partial charge in [-0.15, -0.1) is 0 Å². The zero-order chi connectivity index (χ0) is 12.7. The average molecular weight is 236 g/mol. The Balaban J connectivity index is 2.32. The van der Waals surface area contributed by atoms with Crippen molar-refractivity contribution in [2.24, 2.45) is 0 Å². The van der Waals surface area contributed by atoms with Crippen LogP contribution in [0.5, 0.6) is 0 Å². The Morgan fingerprint density at radius 1 is 1.41 bits per heavy atom. The van der Waals surface area contributed by atoms with Crippen LogP contribution in [0.3, 0.4) is 0 Å². The van der Waals surface area contributed by atoms with Crippen molar-refractivity contribution < 1.29 is 9.53 Å². The number of hydrogen-bond acceptors (Lipinski definition) is 4. The molecule has 1 aromatic carbocycles. The fourth-order valence-electron chi connectivity index (χ4n) is 1.64. The van der Waals surface area contributed by atoms with Gasteiger partial charge in [-0.25, -0.2) is 0 Å². The van der Waals surface area contributed by atoms with E-state index < -0.39 is 0 Å². The van der Waals surface area contributed by atoms with E-state index in [1.807, 2.05) is 31.3 Å². The monoisotopic (exact) mass is 236 g/mol. The van der Waals surface area contributed by atoms with Gasteiger partial charge in [-0.05, 0) is 31.6 Å². The van der Waals surface area contributed by atoms with Crippen molar-refractivity contribution in [2.45, 2.75) is 19.4 Å². The third kappa shape index (κ3) is 4.87. The molecule has 0 spiro atoms. The summed E-state index contributed by atoms with van der Waals surface area (Å²) in [5, 5.41) is 0. The number of benzene rings is 1. The van der Waals surface area contributed by atoms with Gasteiger partial charge in [0.1, 0.15) is 0 Å². The summed E-state index contributed by atoms with van der Waals surface area (Å²) in [7, 11) is 3.43. The van der Waals surface area contributed by atoms with Gasteiger partial charge in [0.25, 0.3) is 0 Å². The first-order valence-electron chi connectivity index (χ1n) is 5.72. The minimum atomic E-state index is -0.155. The van der Waals surface area contributed by atoms with Gasteiger partial charge >= 0.3 is 5.97 Å². The molecule has 17 heavy (non-hydrogen) atoms. The van der Waals surface area contributed by atoms with Crippen LogP contribution in [0.4, 0.5) is 5.69 Å². The molecule has 0 atom stereocenters. The number of ether oxygens (including phenoxy) is 1. The zero-order valence-corrected chi connectivity index (χ0v) is 10.5. The number of hydrogen-bond donors (Lipinski definition) is 1. The van der Waals surface area contributed by atoms with Crippen molar-refractivity contribution in [3.8, 4) is 0 Å². The molecule has 94 valence electrons. The molecule has 4 nitrogen and oxygen atoms in total. The molecule has 0 aliphatic heterocycles. The molecule has 4 heteroatoms. The number of nitrogen functional groups attached to an aromatic ring is 1. The molecule has 1 rings (SSSR count). The van der Waals surface area contributed by atoms with Crippen LogP contribution in [-0.4, -0.2) is 31.6 Å². The Morgan fingerprint density at radius 3 is 2.76 bits per heavy atom. The highest BCUT2D eigenvalue weighted by atomic mass is 16.5. The quantitative estimate of drug-likeness (QED) is 0.603. The van der Waals surface area contributed by atoms with Crippen LogP contribution >= 0.6 is 0 Å². The number of methoxy groups -OCH3 is 1. The minimum Gasteiger partial charge on any atom is -0.469 e. The van der Waals surface area contributed by atoms with E-state index in [1.54, 1.807) is 0 Å². The van der Waals surface area contributed by atoms with Gasteiger partial charge in [-0.2, -0.15) is 0 Å². The van der Waals surface area contributed by atoms with E-state index in [-0.39, 0.29) is 5.97 Å². The van der Waals surface area contributed by atoms with Crippen molar-refractivity contribution >= 4 is 11.7 Å². The van der Waals surface area contributed by atoms with Gasteiger partial charge < -0.3 is 15.4 Å². The molecule has 0 unspecified atom stereocenters. The van der Waals surface area contributed by atoms with E-state index in [1.165, 1.54) is 7.11 Å². The Bertz CT molecular complexity index is 366. The second kappa shape index (κ2) is 6.91. The molecule has 0 heterocycles. The second-order valence-electron chi connectivity index (χ2n) is 4.12. The van der Waals surface area contributed by atoms with Crippen LogP contribution in [0, 0.1) is 0 Å². The summed E-state index contributed by atoms with van der Waals surface area (Å²) in [4.78, 5) is 13.1. The van der Waals surface area contributed by atoms with Gasteiger partial charge in [0.15, 0.2) is 0 Å². The van der Waals surface area contributed by atoms with E-state index >= 15 is 0 Å². The lowest BCUT2D eigenvalue weighted by Gasteiger charge is -2.17. The van der Waals surface area contributed by atoms with Crippen molar-refractivity contribution in [1.82, 2.24) is 4.90 Å². The molecule has 0 bridgehead atoms. The topological polar surface area (TPSA) is 55.6 Å². The molecule has 0 radical (unpaired) electrons. The smallest absolute Gasteiger partial charge is 0.305 e. The molecule has 0 fully saturated rings. The van der Waals surface area contributed by atoms with Crippen LogP contribution in [0.2, 0.25) is 0 Å². The highest BCUT2D eigenvalue weighted by Gasteiger charge is 2.05. The highest BCUT2D eigenvalue weighted by molar-refractivity contribution is 5.69. The fourth-order valence-corrected chi connectivity index (χ4v) is 1.64. The summed E-state index contributed by atoms with van der Waals surface area (Å²) in [5.74, 6) is -0.155. The van der Waals surface area contributed by atoms with Crippen molar-refractivity contribution in [1.29, 1.82) is 0 Å². The van der Waals surface area contributed by atoms with Crippen LogP contribution < -0.4 is 5.73 Å². The Kier molecular flexibility index (Phi) is 5.49. The minimum absolute atomic E-state index is 0.155. The van der Waals surface area contributed by atoms with Gasteiger partial charge in [-0.3, -0.25) is 4.79 Å². The maximum absolute atomic E-state index is 10.9. The van der Waals surface area contributed by atoms with Gasteiger partial charge in [-0.1, -0.05) is 18.2 Å². The largest absolute Gasteiger partial charge is 0.469 e. The van der Waals surface area contributed by atoms with Crippen LogP contribution in [0.15, 0.2) is 24.3 Å². The lowest BCUT2D eigenvalue weighted by atomic mass is 10.1. The predicted octanol–water partition coefficient (Wildman–Crippen LogP) is 1.65. The second-order valence-corrected chi connectivity index (χ2v) is 4.12. The van der Waals surface area contributed by atoms with Crippen LogP contribution in [0.1, 0.15) is 18.4 Å². The lowest BCUT2D eigenvalue weighted by molar-refractivity contribution is -0.140. The molecule has 0 saturated heterocycles. The Hall–Kier alpha value is -1.55. The molecule has 0 saturated carbocycles. The molecular weight excluding hydrogens is 216 g/mol. The molecule has 0 aliphatic carbocycles. The molecular formula is C13H20N2O2. The number of nitrogens with two attached hydrogens (primary N) is 1. The number of rotatable bonds is 6. The number of para-hydroxylation sites is 1. The average Bonchev–Trinajstić information content (AvgIpc) is 2.32. The molecule has 2 N–H and O–H groups in total. The van der Waals surface area contributed by atoms with Crippen molar-refractivity contribution in [2.75, 3.05) is 26.4 Å². The first-order chi connectivity index (χ1) is 8.13. The van der Waals surface area contributed by atoms with E-state index in [0.717, 1.165) is 30.8 Å². The third-order valence-corrected chi connectivity index (χ3v) is 2.64. The number of nitrogens with zero attached hydrogens (tertiary/aromatic N) is 1. The number of carbonyl (C=O) groups is 1. The van der Waals surface area contributed by atoms with Crippen LogP contribution in [-0.2, 0) is 16.1 Å². The van der Waals surface area contributed by atoms with Crippen LogP contribution in [0.25, 0.3) is 0 Å². The van der Waals surface area contributed by atoms with Gasteiger partial charge in [0.2, 0.25) is 0 Å². The number of esters is 1. The van der Waals surface area contributed by atoms with E-state index in [0.29, 0.717) is 6.42 Å². The first kappa shape index (κ1) is 13.5. The maximum atomic E-state index is 10.9. The van der Waals surface area contributed by atoms with E-state index in [9.17, 15) is 4.79 Å². The summed E-state index contributed by atoms with van der Waals surface area (Å²) in [6, 6.07) is 7.83. The summed E-state index contributed by atoms with van der Waals surface area (Å²) in [6.07, 6.45) is 1.26. The van der Waals surface area contributed by atoms with Gasteiger partial charge in [0, 0.05) is 18.7 Å². The molecule has 0 amide bonds. The van der Waals surface area contributed by atoms with E-state index in [2.05, 4.69) is 9.64 Å². The normalized spacial score (nSPS) is 10.5. The third-order valence-electron chi connectivity index (χ3n) is 2.64. The fraction of sp³-hybridized carbons (Fsp3) is 0.462. The van der Waals surface area contributed by atoms with Gasteiger partial charge in [0.05, 0.1) is 7.11 Å². The SMILES string of the molecule is COC(=O)CCCN(C)Cc1ccccc1N. The maximum Gasteiger partial charge on any atom is 0.305 e. The summed E-state index contributed by atoms with van der Waals surface area (Å²) in [6.45, 7) is 1.65. The number of anilines is 1. The highest BCUT2D eigenvalue weighted by Crippen LogP contribution is 2.12. The Morgan fingerprint density at radius 2 is 2.12 bits per heavy atom. The standard InChI is InChI=1S/C13H20N2O2/c1-15(9-5-8-13(16)17-2)10-11-6-3-4-7-12(11)14/h3-4,6-7H,5,8-10,14H2,1-2H3. The summed E-state index contributed by atoms with van der Waals surface area (Å²) < 4.78 is 4.59. The molecule has 1 aromatic rings. The molecule has 0 aromatic heterocycles. The van der Waals surface area contributed by atoms with E-state index in [4.69, 9.17) is 5.73 Å². The summed E-state index contributed by atoms with van der Waals surface area (Å²) in [5.41, 5.74) is 7.80. The Labute approximate surface area is 102 Å².